The summed E-state index contributed by atoms with van der Waals surface area (Å²) in [6.07, 6.45) is 4.27. The van der Waals surface area contributed by atoms with Gasteiger partial charge in [-0.25, -0.2) is 4.39 Å². The molecule has 13 heavy (non-hydrogen) atoms. The van der Waals surface area contributed by atoms with Crippen molar-refractivity contribution in [2.45, 2.75) is 32.6 Å². The van der Waals surface area contributed by atoms with Crippen LogP contribution in [0.5, 0.6) is 0 Å². The van der Waals surface area contributed by atoms with Gasteiger partial charge in [-0.2, -0.15) is 0 Å². The minimum atomic E-state index is -0.0985. The molecule has 1 aromatic rings. The van der Waals surface area contributed by atoms with Crippen LogP contribution in [0.1, 0.15) is 31.7 Å². The van der Waals surface area contributed by atoms with Gasteiger partial charge in [0.15, 0.2) is 0 Å². The number of unbranched alkanes of at least 4 members (excludes halogenated alkanes) is 2. The van der Waals surface area contributed by atoms with Crippen LogP contribution in [-0.4, -0.2) is 0 Å². The number of aryl methyl sites for hydroxylation is 1. The summed E-state index contributed by atoms with van der Waals surface area (Å²) >= 11 is 3.18. The molecule has 0 aliphatic heterocycles. The van der Waals surface area contributed by atoms with Crippen molar-refractivity contribution in [1.82, 2.24) is 0 Å². The van der Waals surface area contributed by atoms with Gasteiger partial charge in [0.05, 0.1) is 4.47 Å². The molecule has 0 nitrogen and oxygen atoms in total. The lowest BCUT2D eigenvalue weighted by atomic mass is 10.1. The van der Waals surface area contributed by atoms with Crippen molar-refractivity contribution in [3.63, 3.8) is 0 Å². The maximum atomic E-state index is 13.4. The highest BCUT2D eigenvalue weighted by Gasteiger charge is 2.04. The zero-order valence-corrected chi connectivity index (χ0v) is 9.40. The SMILES string of the molecule is CCCCCc1cccc(Br)c1F. The van der Waals surface area contributed by atoms with Crippen LogP contribution in [0.4, 0.5) is 4.39 Å². The van der Waals surface area contributed by atoms with Crippen molar-refractivity contribution in [1.29, 1.82) is 0 Å². The Morgan fingerprint density at radius 2 is 2.08 bits per heavy atom. The second-order valence-corrected chi connectivity index (χ2v) is 4.02. The number of hydrogen-bond donors (Lipinski definition) is 0. The predicted molar refractivity (Wildman–Crippen MR) is 57.3 cm³/mol. The largest absolute Gasteiger partial charge is 0.205 e. The predicted octanol–water partition coefficient (Wildman–Crippen LogP) is 4.32. The van der Waals surface area contributed by atoms with E-state index in [1.165, 1.54) is 12.8 Å². The number of hydrogen-bond acceptors (Lipinski definition) is 0. The highest BCUT2D eigenvalue weighted by Crippen LogP contribution is 2.20. The van der Waals surface area contributed by atoms with E-state index >= 15 is 0 Å². The van der Waals surface area contributed by atoms with Gasteiger partial charge in [-0.1, -0.05) is 31.9 Å². The molecule has 0 aliphatic rings. The van der Waals surface area contributed by atoms with Crippen molar-refractivity contribution in [3.8, 4) is 0 Å². The zero-order chi connectivity index (χ0) is 9.68. The van der Waals surface area contributed by atoms with E-state index in [2.05, 4.69) is 22.9 Å². The minimum absolute atomic E-state index is 0.0985. The second-order valence-electron chi connectivity index (χ2n) is 3.17. The Morgan fingerprint density at radius 3 is 2.77 bits per heavy atom. The van der Waals surface area contributed by atoms with E-state index in [1.807, 2.05) is 12.1 Å². The normalized spacial score (nSPS) is 10.4. The summed E-state index contributed by atoms with van der Waals surface area (Å²) in [6, 6.07) is 5.48. The second kappa shape index (κ2) is 5.38. The molecule has 0 fully saturated rings. The van der Waals surface area contributed by atoms with Crippen LogP contribution in [0.25, 0.3) is 0 Å². The zero-order valence-electron chi connectivity index (χ0n) is 7.82. The first-order chi connectivity index (χ1) is 6.25. The smallest absolute Gasteiger partial charge is 0.140 e. The van der Waals surface area contributed by atoms with Crippen LogP contribution in [0.15, 0.2) is 22.7 Å². The van der Waals surface area contributed by atoms with Crippen LogP contribution in [-0.2, 0) is 6.42 Å². The monoisotopic (exact) mass is 244 g/mol. The lowest BCUT2D eigenvalue weighted by Crippen LogP contribution is -1.91. The molecule has 0 aromatic heterocycles. The Balaban J connectivity index is 2.61. The van der Waals surface area contributed by atoms with E-state index in [9.17, 15) is 4.39 Å². The molecule has 0 saturated heterocycles. The summed E-state index contributed by atoms with van der Waals surface area (Å²) in [7, 11) is 0. The fraction of sp³-hybridized carbons (Fsp3) is 0.455. The molecule has 0 unspecified atom stereocenters. The molecule has 1 rings (SSSR count). The molecular weight excluding hydrogens is 231 g/mol. The Kier molecular flexibility index (Phi) is 4.43. The van der Waals surface area contributed by atoms with Crippen molar-refractivity contribution < 1.29 is 4.39 Å². The van der Waals surface area contributed by atoms with Crippen LogP contribution in [0.2, 0.25) is 0 Å². The molecule has 0 amide bonds. The highest BCUT2D eigenvalue weighted by molar-refractivity contribution is 9.10. The molecular formula is C11H14BrF. The topological polar surface area (TPSA) is 0 Å². The summed E-state index contributed by atoms with van der Waals surface area (Å²) in [5, 5.41) is 0. The van der Waals surface area contributed by atoms with Crippen molar-refractivity contribution >= 4 is 15.9 Å². The Morgan fingerprint density at radius 1 is 1.31 bits per heavy atom. The average Bonchev–Trinajstić information content (AvgIpc) is 2.13. The average molecular weight is 245 g/mol. The van der Waals surface area contributed by atoms with Gasteiger partial charge in [0.25, 0.3) is 0 Å². The van der Waals surface area contributed by atoms with Crippen molar-refractivity contribution in [2.24, 2.45) is 0 Å². The third-order valence-electron chi connectivity index (χ3n) is 2.08. The maximum absolute atomic E-state index is 13.4. The Bertz CT molecular complexity index is 271. The quantitative estimate of drug-likeness (QED) is 0.693. The molecule has 0 aliphatic carbocycles. The van der Waals surface area contributed by atoms with Crippen molar-refractivity contribution in [2.75, 3.05) is 0 Å². The molecule has 1 aromatic carbocycles. The summed E-state index contributed by atoms with van der Waals surface area (Å²) < 4.78 is 14.0. The van der Waals surface area contributed by atoms with Crippen LogP contribution in [0.3, 0.4) is 0 Å². The minimum Gasteiger partial charge on any atom is -0.205 e. The summed E-state index contributed by atoms with van der Waals surface area (Å²) in [6.45, 7) is 2.15. The van der Waals surface area contributed by atoms with Crippen LogP contribution in [0, 0.1) is 5.82 Å². The van der Waals surface area contributed by atoms with E-state index in [0.29, 0.717) is 4.47 Å². The fourth-order valence-corrected chi connectivity index (χ4v) is 1.71. The van der Waals surface area contributed by atoms with E-state index in [4.69, 9.17) is 0 Å². The van der Waals surface area contributed by atoms with Gasteiger partial charge >= 0.3 is 0 Å². The molecule has 2 heteroatoms. The number of halogens is 2. The molecule has 0 N–H and O–H groups in total. The summed E-state index contributed by atoms with van der Waals surface area (Å²) in [4.78, 5) is 0. The fourth-order valence-electron chi connectivity index (χ4n) is 1.31. The Labute approximate surface area is 87.3 Å². The van der Waals surface area contributed by atoms with Crippen molar-refractivity contribution in [3.05, 3.63) is 34.1 Å². The molecule has 0 spiro atoms. The van der Waals surface area contributed by atoms with Gasteiger partial charge in [-0.3, -0.25) is 0 Å². The first-order valence-electron chi connectivity index (χ1n) is 4.68. The van der Waals surface area contributed by atoms with E-state index < -0.39 is 0 Å². The molecule has 72 valence electrons. The molecule has 0 bridgehead atoms. The first kappa shape index (κ1) is 10.7. The number of rotatable bonds is 4. The van der Waals surface area contributed by atoms with E-state index in [1.54, 1.807) is 6.07 Å². The third kappa shape index (κ3) is 3.11. The molecule has 0 radical (unpaired) electrons. The van der Waals surface area contributed by atoms with Gasteiger partial charge in [0.1, 0.15) is 5.82 Å². The van der Waals surface area contributed by atoms with Gasteiger partial charge in [0, 0.05) is 0 Å². The van der Waals surface area contributed by atoms with Gasteiger partial charge in [-0.15, -0.1) is 0 Å². The van der Waals surface area contributed by atoms with Gasteiger partial charge in [0.2, 0.25) is 0 Å². The number of benzene rings is 1. The van der Waals surface area contributed by atoms with Crippen LogP contribution < -0.4 is 0 Å². The standard InChI is InChI=1S/C11H14BrF/c1-2-3-4-6-9-7-5-8-10(12)11(9)13/h5,7-8H,2-4,6H2,1H3. The molecule has 0 atom stereocenters. The summed E-state index contributed by atoms with van der Waals surface area (Å²) in [5.74, 6) is -0.0985. The molecule has 0 saturated carbocycles. The Hall–Kier alpha value is -0.370. The maximum Gasteiger partial charge on any atom is 0.140 e. The van der Waals surface area contributed by atoms with Gasteiger partial charge in [-0.05, 0) is 40.4 Å². The summed E-state index contributed by atoms with van der Waals surface area (Å²) in [5.41, 5.74) is 0.822. The van der Waals surface area contributed by atoms with E-state index in [0.717, 1.165) is 18.4 Å². The highest BCUT2D eigenvalue weighted by atomic mass is 79.9. The lowest BCUT2D eigenvalue weighted by Gasteiger charge is -2.03. The first-order valence-corrected chi connectivity index (χ1v) is 5.48. The third-order valence-corrected chi connectivity index (χ3v) is 2.69. The van der Waals surface area contributed by atoms with E-state index in [-0.39, 0.29) is 5.82 Å². The molecule has 0 heterocycles. The lowest BCUT2D eigenvalue weighted by molar-refractivity contribution is 0.593. The van der Waals surface area contributed by atoms with Crippen LogP contribution >= 0.6 is 15.9 Å². The van der Waals surface area contributed by atoms with Gasteiger partial charge < -0.3 is 0 Å².